The summed E-state index contributed by atoms with van der Waals surface area (Å²) in [5.74, 6) is 2.20. The van der Waals surface area contributed by atoms with Crippen LogP contribution in [0.2, 0.25) is 0 Å². The van der Waals surface area contributed by atoms with Crippen molar-refractivity contribution in [1.82, 2.24) is 8.87 Å². The summed E-state index contributed by atoms with van der Waals surface area (Å²) in [5.41, 5.74) is 3.50. The summed E-state index contributed by atoms with van der Waals surface area (Å²) in [6, 6.07) is 10.2. The maximum atomic E-state index is 13.0. The molecular formula is C25H27N3O3S2. The van der Waals surface area contributed by atoms with Gasteiger partial charge in [0.15, 0.2) is 4.80 Å². The average molecular weight is 482 g/mol. The Labute approximate surface area is 198 Å². The molecule has 0 aliphatic heterocycles. The number of hydrogen-bond acceptors (Lipinski definition) is 4. The molecule has 0 unspecified atom stereocenters. The average Bonchev–Trinajstić information content (AvgIpc) is 3.43. The number of sulfonamides is 1. The van der Waals surface area contributed by atoms with E-state index >= 15 is 0 Å². The number of amides is 1. The highest BCUT2D eigenvalue weighted by atomic mass is 32.2. The third-order valence-corrected chi connectivity index (χ3v) is 9.33. The first-order chi connectivity index (χ1) is 15.7. The number of carbonyl (C=O) groups is 1. The Kier molecular flexibility index (Phi) is 6.57. The lowest BCUT2D eigenvalue weighted by Gasteiger charge is -2.23. The lowest BCUT2D eigenvalue weighted by molar-refractivity contribution is 0.0998. The Balaban J connectivity index is 1.67. The van der Waals surface area contributed by atoms with E-state index in [1.54, 1.807) is 7.05 Å². The Morgan fingerprint density at radius 1 is 1.21 bits per heavy atom. The lowest BCUT2D eigenvalue weighted by atomic mass is 10.1. The molecule has 8 heteroatoms. The minimum absolute atomic E-state index is 0.0398. The van der Waals surface area contributed by atoms with Crippen molar-refractivity contribution in [2.24, 2.45) is 4.99 Å². The Morgan fingerprint density at radius 2 is 1.88 bits per heavy atom. The molecule has 6 nitrogen and oxygen atoms in total. The van der Waals surface area contributed by atoms with Crippen LogP contribution >= 0.6 is 11.3 Å². The van der Waals surface area contributed by atoms with Crippen molar-refractivity contribution in [2.45, 2.75) is 57.0 Å². The van der Waals surface area contributed by atoms with E-state index in [4.69, 9.17) is 6.42 Å². The molecule has 0 radical (unpaired) electrons. The Morgan fingerprint density at radius 3 is 2.52 bits per heavy atom. The molecule has 172 valence electrons. The van der Waals surface area contributed by atoms with Crippen molar-refractivity contribution < 1.29 is 13.2 Å². The summed E-state index contributed by atoms with van der Waals surface area (Å²) in [5, 5.41) is 0. The number of thiazole rings is 1. The van der Waals surface area contributed by atoms with Crippen molar-refractivity contribution in [1.29, 1.82) is 0 Å². The molecule has 0 spiro atoms. The van der Waals surface area contributed by atoms with Crippen LogP contribution < -0.4 is 4.80 Å². The predicted molar refractivity (Wildman–Crippen MR) is 132 cm³/mol. The smallest absolute Gasteiger partial charge is 0.279 e. The van der Waals surface area contributed by atoms with Gasteiger partial charge in [-0.3, -0.25) is 4.79 Å². The Hall–Kier alpha value is -2.73. The molecule has 1 aliphatic carbocycles. The van der Waals surface area contributed by atoms with Crippen LogP contribution in [0, 0.1) is 26.2 Å². The molecule has 1 amide bonds. The number of nitrogens with zero attached hydrogens (tertiary/aromatic N) is 3. The van der Waals surface area contributed by atoms with E-state index in [1.165, 1.54) is 39.9 Å². The minimum atomic E-state index is -3.60. The van der Waals surface area contributed by atoms with Crippen LogP contribution in [0.25, 0.3) is 10.2 Å². The van der Waals surface area contributed by atoms with Crippen LogP contribution in [0.4, 0.5) is 0 Å². The maximum Gasteiger partial charge on any atom is 0.279 e. The van der Waals surface area contributed by atoms with Gasteiger partial charge in [0, 0.05) is 18.7 Å². The van der Waals surface area contributed by atoms with Gasteiger partial charge in [0.2, 0.25) is 10.0 Å². The number of benzene rings is 2. The molecule has 4 rings (SSSR count). The molecule has 0 bridgehead atoms. The molecule has 3 aromatic rings. The fourth-order valence-electron chi connectivity index (χ4n) is 4.39. The highest BCUT2D eigenvalue weighted by molar-refractivity contribution is 7.89. The third-order valence-electron chi connectivity index (χ3n) is 6.18. The largest absolute Gasteiger partial charge is 0.305 e. The molecule has 1 aliphatic rings. The van der Waals surface area contributed by atoms with Crippen molar-refractivity contribution in [2.75, 3.05) is 7.05 Å². The molecule has 1 saturated carbocycles. The van der Waals surface area contributed by atoms with E-state index in [2.05, 4.69) is 17.0 Å². The molecule has 0 N–H and O–H groups in total. The van der Waals surface area contributed by atoms with E-state index in [1.807, 2.05) is 24.5 Å². The van der Waals surface area contributed by atoms with Crippen LogP contribution in [-0.4, -0.2) is 36.3 Å². The number of hydrogen-bond donors (Lipinski definition) is 0. The van der Waals surface area contributed by atoms with Gasteiger partial charge in [-0.2, -0.15) is 9.30 Å². The zero-order valence-electron chi connectivity index (χ0n) is 19.0. The first kappa shape index (κ1) is 23.4. The van der Waals surface area contributed by atoms with E-state index in [0.717, 1.165) is 47.0 Å². The Bertz CT molecular complexity index is 1420. The van der Waals surface area contributed by atoms with Crippen LogP contribution in [0.3, 0.4) is 0 Å². The summed E-state index contributed by atoms with van der Waals surface area (Å²) >= 11 is 1.42. The quantitative estimate of drug-likeness (QED) is 0.511. The SMILES string of the molecule is C#CCn1c(=NC(=O)c2ccc(S(=O)(=O)N(C)C3CCCC3)cc2)sc2c(C)cc(C)cc21. The zero-order valence-corrected chi connectivity index (χ0v) is 20.7. The summed E-state index contributed by atoms with van der Waals surface area (Å²) in [7, 11) is -1.96. The first-order valence-corrected chi connectivity index (χ1v) is 13.2. The highest BCUT2D eigenvalue weighted by Crippen LogP contribution is 2.27. The molecule has 0 saturated heterocycles. The molecule has 2 aromatic carbocycles. The topological polar surface area (TPSA) is 71.7 Å². The second-order valence-electron chi connectivity index (χ2n) is 8.51. The van der Waals surface area contributed by atoms with E-state index < -0.39 is 15.9 Å². The number of terminal acetylenes is 1. The fraction of sp³-hybridized carbons (Fsp3) is 0.360. The van der Waals surface area contributed by atoms with Gasteiger partial charge in [-0.25, -0.2) is 8.42 Å². The summed E-state index contributed by atoms with van der Waals surface area (Å²) < 4.78 is 30.3. The third kappa shape index (κ3) is 4.54. The van der Waals surface area contributed by atoms with Gasteiger partial charge in [-0.05, 0) is 68.1 Å². The zero-order chi connectivity index (χ0) is 23.8. The van der Waals surface area contributed by atoms with E-state index in [-0.39, 0.29) is 10.9 Å². The monoisotopic (exact) mass is 481 g/mol. The van der Waals surface area contributed by atoms with Crippen molar-refractivity contribution >= 4 is 37.5 Å². The summed E-state index contributed by atoms with van der Waals surface area (Å²) in [6.07, 6.45) is 9.45. The van der Waals surface area contributed by atoms with Crippen LogP contribution in [-0.2, 0) is 16.6 Å². The lowest BCUT2D eigenvalue weighted by Crippen LogP contribution is -2.35. The van der Waals surface area contributed by atoms with Gasteiger partial charge in [-0.15, -0.1) is 6.42 Å². The van der Waals surface area contributed by atoms with E-state index in [9.17, 15) is 13.2 Å². The predicted octanol–water partition coefficient (Wildman–Crippen LogP) is 4.26. The maximum absolute atomic E-state index is 13.0. The standard InChI is InChI=1S/C25H27N3O3S2/c1-5-14-28-22-16-17(2)15-18(3)23(22)32-25(28)26-24(29)19-10-12-21(13-11-19)33(30,31)27(4)20-8-6-7-9-20/h1,10-13,15-16,20H,6-9,14H2,2-4H3. The normalized spacial score (nSPS) is 15.4. The molecular weight excluding hydrogens is 454 g/mol. The first-order valence-electron chi connectivity index (χ1n) is 10.9. The molecule has 0 atom stereocenters. The second-order valence-corrected chi connectivity index (χ2v) is 11.5. The van der Waals surface area contributed by atoms with Gasteiger partial charge in [0.1, 0.15) is 0 Å². The van der Waals surface area contributed by atoms with Crippen molar-refractivity contribution in [3.05, 3.63) is 57.9 Å². The van der Waals surface area contributed by atoms with Crippen molar-refractivity contribution in [3.63, 3.8) is 0 Å². The van der Waals surface area contributed by atoms with Crippen LogP contribution in [0.1, 0.15) is 47.2 Å². The van der Waals surface area contributed by atoms with Crippen LogP contribution in [0.5, 0.6) is 0 Å². The highest BCUT2D eigenvalue weighted by Gasteiger charge is 2.30. The number of aryl methyl sites for hydroxylation is 2. The van der Waals surface area contributed by atoms with Gasteiger partial charge in [-0.1, -0.05) is 36.2 Å². The van der Waals surface area contributed by atoms with Gasteiger partial charge in [0.05, 0.1) is 21.7 Å². The number of rotatable bonds is 5. The van der Waals surface area contributed by atoms with E-state index in [0.29, 0.717) is 16.9 Å². The molecule has 33 heavy (non-hydrogen) atoms. The second kappa shape index (κ2) is 9.26. The number of carbonyl (C=O) groups excluding carboxylic acids is 1. The minimum Gasteiger partial charge on any atom is -0.305 e. The summed E-state index contributed by atoms with van der Waals surface area (Å²) in [6.45, 7) is 4.35. The number of aromatic nitrogens is 1. The molecule has 1 fully saturated rings. The fourth-order valence-corrected chi connectivity index (χ4v) is 6.89. The number of fused-ring (bicyclic) bond motifs is 1. The van der Waals surface area contributed by atoms with Gasteiger partial charge >= 0.3 is 0 Å². The molecule has 1 aromatic heterocycles. The van der Waals surface area contributed by atoms with Crippen molar-refractivity contribution in [3.8, 4) is 12.3 Å². The van der Waals surface area contributed by atoms with Gasteiger partial charge < -0.3 is 4.57 Å². The van der Waals surface area contributed by atoms with Gasteiger partial charge in [0.25, 0.3) is 5.91 Å². The molecule has 1 heterocycles. The summed E-state index contributed by atoms with van der Waals surface area (Å²) in [4.78, 5) is 18.0. The van der Waals surface area contributed by atoms with Crippen LogP contribution in [0.15, 0.2) is 46.3 Å².